The summed E-state index contributed by atoms with van der Waals surface area (Å²) >= 11 is 0. The SMILES string of the molecule is COC(=O)C(CCCCNP(=O)(O)OC[C@H]1O[C@@H](n2ccc(N)nc2=O)C(O)C1O)NCc1c(CO)cnc(C)c1O. The fourth-order valence-electron chi connectivity index (χ4n) is 4.32. The minimum atomic E-state index is -4.34. The molecule has 3 heterocycles. The molecule has 42 heavy (non-hydrogen) atoms. The molecule has 1 aliphatic heterocycles. The van der Waals surface area contributed by atoms with Crippen molar-refractivity contribution in [2.75, 3.05) is 26.0 Å². The molecule has 0 aromatic carbocycles. The molecule has 2 aromatic heterocycles. The van der Waals surface area contributed by atoms with Crippen LogP contribution in [-0.4, -0.2) is 90.4 Å². The second-order valence-electron chi connectivity index (χ2n) is 9.62. The van der Waals surface area contributed by atoms with E-state index in [4.69, 9.17) is 19.7 Å². The predicted octanol–water partition coefficient (Wildman–Crippen LogP) is -1.45. The molecule has 17 nitrogen and oxygen atoms in total. The lowest BCUT2D eigenvalue weighted by Gasteiger charge is -2.19. The molecular formula is C24H37N6O11P. The van der Waals surface area contributed by atoms with E-state index < -0.39 is 56.6 Å². The molecule has 0 spiro atoms. The number of unbranched alkanes of at least 4 members (excludes halogenated alkanes) is 1. The van der Waals surface area contributed by atoms with E-state index >= 15 is 0 Å². The number of anilines is 1. The Hall–Kier alpha value is -2.99. The highest BCUT2D eigenvalue weighted by atomic mass is 31.2. The molecule has 1 saturated heterocycles. The van der Waals surface area contributed by atoms with Gasteiger partial charge in [-0.05, 0) is 25.8 Å². The minimum Gasteiger partial charge on any atom is -0.506 e. The third-order valence-electron chi connectivity index (χ3n) is 6.72. The van der Waals surface area contributed by atoms with Crippen LogP contribution < -0.4 is 21.8 Å². The summed E-state index contributed by atoms with van der Waals surface area (Å²) in [5.41, 5.74) is 5.84. The normalized spacial score (nSPS) is 22.5. The molecule has 0 aliphatic carbocycles. The van der Waals surface area contributed by atoms with Gasteiger partial charge in [0.25, 0.3) is 0 Å². The van der Waals surface area contributed by atoms with Crippen molar-refractivity contribution in [1.29, 1.82) is 0 Å². The molecule has 0 radical (unpaired) electrons. The summed E-state index contributed by atoms with van der Waals surface area (Å²) in [5, 5.41) is 45.8. The molecule has 1 fully saturated rings. The maximum atomic E-state index is 12.4. The van der Waals surface area contributed by atoms with E-state index in [-0.39, 0.29) is 31.3 Å². The largest absolute Gasteiger partial charge is 0.506 e. The van der Waals surface area contributed by atoms with Crippen molar-refractivity contribution in [2.24, 2.45) is 0 Å². The standard InChI is InChI=1S/C24H37N6O11P/c1-13-19(32)15(14(11-31)9-26-13)10-27-16(23(35)39-2)5-3-4-7-28-42(37,38)40-12-17-20(33)21(34)22(41-17)30-8-6-18(25)29-24(30)36/h6,8-9,16-17,20-22,27,31-34H,3-5,7,10-12H2,1-2H3,(H2,25,29,36)(H2,28,37,38)/t16?,17-,20?,21?,22-/m1/s1. The number of hydrogen-bond acceptors (Lipinski definition) is 14. The average molecular weight is 617 g/mol. The maximum Gasteiger partial charge on any atom is 0.403 e. The molecule has 9 N–H and O–H groups in total. The van der Waals surface area contributed by atoms with Crippen LogP contribution in [0, 0.1) is 6.92 Å². The molecule has 4 unspecified atom stereocenters. The number of nitrogens with two attached hydrogens (primary N) is 1. The lowest BCUT2D eigenvalue weighted by atomic mass is 10.1. The maximum absolute atomic E-state index is 12.4. The number of nitrogens with zero attached hydrogens (tertiary/aromatic N) is 3. The predicted molar refractivity (Wildman–Crippen MR) is 146 cm³/mol. The Kier molecular flexibility index (Phi) is 11.9. The lowest BCUT2D eigenvalue weighted by Crippen LogP contribution is -2.37. The van der Waals surface area contributed by atoms with E-state index in [9.17, 15) is 39.5 Å². The van der Waals surface area contributed by atoms with Gasteiger partial charge >= 0.3 is 19.4 Å². The minimum absolute atomic E-state index is 0.0342. The summed E-state index contributed by atoms with van der Waals surface area (Å²) in [6, 6.07) is 0.554. The van der Waals surface area contributed by atoms with Gasteiger partial charge in [-0.15, -0.1) is 0 Å². The first-order valence-electron chi connectivity index (χ1n) is 13.1. The van der Waals surface area contributed by atoms with Crippen molar-refractivity contribution in [3.63, 3.8) is 0 Å². The molecule has 18 heteroatoms. The van der Waals surface area contributed by atoms with Gasteiger partial charge < -0.3 is 45.8 Å². The summed E-state index contributed by atoms with van der Waals surface area (Å²) in [6.07, 6.45) is -1.82. The smallest absolute Gasteiger partial charge is 0.403 e. The number of aliphatic hydroxyl groups excluding tert-OH is 3. The summed E-state index contributed by atoms with van der Waals surface area (Å²) in [7, 11) is -3.11. The van der Waals surface area contributed by atoms with Gasteiger partial charge in [-0.2, -0.15) is 4.98 Å². The van der Waals surface area contributed by atoms with Gasteiger partial charge in [-0.25, -0.2) is 14.4 Å². The molecule has 0 amide bonds. The molecule has 0 saturated carbocycles. The molecule has 3 rings (SSSR count). The van der Waals surface area contributed by atoms with Gasteiger partial charge in [0.05, 0.1) is 26.0 Å². The van der Waals surface area contributed by atoms with Crippen LogP contribution in [0.1, 0.15) is 42.3 Å². The summed E-state index contributed by atoms with van der Waals surface area (Å²) in [5.74, 6) is -0.662. The van der Waals surface area contributed by atoms with Crippen molar-refractivity contribution < 1.29 is 48.7 Å². The Morgan fingerprint density at radius 1 is 1.31 bits per heavy atom. The number of aryl methyl sites for hydroxylation is 1. The fraction of sp³-hybridized carbons (Fsp3) is 0.583. The first-order valence-corrected chi connectivity index (χ1v) is 14.6. The third kappa shape index (κ3) is 8.53. The Morgan fingerprint density at radius 2 is 2.05 bits per heavy atom. The Morgan fingerprint density at radius 3 is 2.71 bits per heavy atom. The van der Waals surface area contributed by atoms with E-state index in [0.29, 0.717) is 36.1 Å². The number of ether oxygens (including phenoxy) is 2. The lowest BCUT2D eigenvalue weighted by molar-refractivity contribution is -0.143. The molecule has 6 atom stereocenters. The van der Waals surface area contributed by atoms with Crippen LogP contribution in [-0.2, 0) is 36.5 Å². The van der Waals surface area contributed by atoms with Crippen molar-refractivity contribution >= 4 is 19.5 Å². The Labute approximate surface area is 240 Å². The zero-order valence-corrected chi connectivity index (χ0v) is 24.0. The molecule has 1 aliphatic rings. The van der Waals surface area contributed by atoms with Gasteiger partial charge in [-0.3, -0.25) is 18.9 Å². The number of rotatable bonds is 15. The Bertz CT molecular complexity index is 1330. The molecular weight excluding hydrogens is 579 g/mol. The van der Waals surface area contributed by atoms with Crippen molar-refractivity contribution in [3.8, 4) is 5.75 Å². The van der Waals surface area contributed by atoms with Gasteiger partial charge in [0.1, 0.15) is 35.9 Å². The number of aromatic nitrogens is 3. The first kappa shape index (κ1) is 33.5. The Balaban J connectivity index is 1.45. The van der Waals surface area contributed by atoms with Crippen molar-refractivity contribution in [3.05, 3.63) is 45.8 Å². The zero-order chi connectivity index (χ0) is 31.0. The van der Waals surface area contributed by atoms with Crippen LogP contribution in [0.2, 0.25) is 0 Å². The number of pyridine rings is 1. The van der Waals surface area contributed by atoms with Crippen LogP contribution >= 0.6 is 7.75 Å². The van der Waals surface area contributed by atoms with Gasteiger partial charge in [0.15, 0.2) is 6.23 Å². The van der Waals surface area contributed by atoms with E-state index in [1.165, 1.54) is 25.6 Å². The second kappa shape index (κ2) is 15.0. The third-order valence-corrected chi connectivity index (χ3v) is 7.84. The van der Waals surface area contributed by atoms with Crippen LogP contribution in [0.25, 0.3) is 0 Å². The van der Waals surface area contributed by atoms with Gasteiger partial charge in [-0.1, -0.05) is 6.42 Å². The number of methoxy groups -OCH3 is 1. The topological polar surface area (TPSA) is 261 Å². The fourth-order valence-corrected chi connectivity index (χ4v) is 5.20. The summed E-state index contributed by atoms with van der Waals surface area (Å²) < 4.78 is 28.7. The van der Waals surface area contributed by atoms with E-state index in [1.807, 2.05) is 0 Å². The number of nitrogens with one attached hydrogen (secondary N) is 2. The zero-order valence-electron chi connectivity index (χ0n) is 23.1. The average Bonchev–Trinajstić information content (AvgIpc) is 3.23. The van der Waals surface area contributed by atoms with Gasteiger partial charge in [0, 0.05) is 36.6 Å². The van der Waals surface area contributed by atoms with Crippen LogP contribution in [0.3, 0.4) is 0 Å². The number of hydrogen-bond donors (Lipinski definition) is 8. The number of esters is 1. The number of carbonyl (C=O) groups is 1. The van der Waals surface area contributed by atoms with E-state index in [0.717, 1.165) is 4.57 Å². The number of carbonyl (C=O) groups excluding carboxylic acids is 1. The van der Waals surface area contributed by atoms with Crippen molar-refractivity contribution in [1.82, 2.24) is 24.9 Å². The summed E-state index contributed by atoms with van der Waals surface area (Å²) in [4.78, 5) is 42.0. The summed E-state index contributed by atoms with van der Waals surface area (Å²) in [6.45, 7) is 0.795. The highest BCUT2D eigenvalue weighted by Gasteiger charge is 2.45. The monoisotopic (exact) mass is 616 g/mol. The van der Waals surface area contributed by atoms with Crippen LogP contribution in [0.4, 0.5) is 5.82 Å². The van der Waals surface area contributed by atoms with Crippen LogP contribution in [0.5, 0.6) is 5.75 Å². The second-order valence-corrected chi connectivity index (χ2v) is 11.2. The van der Waals surface area contributed by atoms with Gasteiger partial charge in [0.2, 0.25) is 0 Å². The highest BCUT2D eigenvalue weighted by molar-refractivity contribution is 7.50. The van der Waals surface area contributed by atoms with E-state index in [1.54, 1.807) is 6.92 Å². The van der Waals surface area contributed by atoms with Crippen molar-refractivity contribution in [2.45, 2.75) is 69.9 Å². The first-order chi connectivity index (χ1) is 19.9. The van der Waals surface area contributed by atoms with Crippen LogP contribution in [0.15, 0.2) is 23.3 Å². The van der Waals surface area contributed by atoms with E-state index in [2.05, 4.69) is 20.4 Å². The molecule has 2 aromatic rings. The number of aromatic hydroxyl groups is 1. The molecule has 234 valence electrons. The quantitative estimate of drug-likeness (QED) is 0.0647. The number of nitrogen functional groups attached to an aromatic ring is 1. The number of aliphatic hydroxyl groups is 3. The highest BCUT2D eigenvalue weighted by Crippen LogP contribution is 2.39. The molecule has 0 bridgehead atoms.